The maximum absolute atomic E-state index is 12.1. The summed E-state index contributed by atoms with van der Waals surface area (Å²) in [5, 5.41) is 7.04. The van der Waals surface area contributed by atoms with Crippen LogP contribution < -0.4 is 10.9 Å². The van der Waals surface area contributed by atoms with Crippen molar-refractivity contribution >= 4 is 5.91 Å². The minimum Gasteiger partial charge on any atom is -0.350 e. The van der Waals surface area contributed by atoms with Crippen molar-refractivity contribution in [1.29, 1.82) is 0 Å². The fraction of sp³-hybridized carbons (Fsp3) is 0.111. The van der Waals surface area contributed by atoms with Gasteiger partial charge in [0, 0.05) is 30.6 Å². The van der Waals surface area contributed by atoms with Crippen LogP contribution in [0.4, 0.5) is 0 Å². The van der Waals surface area contributed by atoms with Gasteiger partial charge in [-0.2, -0.15) is 5.10 Å². The Labute approximate surface area is 138 Å². The number of benzene rings is 1. The molecule has 0 radical (unpaired) electrons. The summed E-state index contributed by atoms with van der Waals surface area (Å²) in [6, 6.07) is 16.2. The molecule has 120 valence electrons. The fourth-order valence-electron chi connectivity index (χ4n) is 2.22. The summed E-state index contributed by atoms with van der Waals surface area (Å²) in [7, 11) is 0. The zero-order valence-corrected chi connectivity index (χ0v) is 12.9. The van der Waals surface area contributed by atoms with Crippen molar-refractivity contribution in [2.24, 2.45) is 0 Å². The van der Waals surface area contributed by atoms with E-state index in [0.29, 0.717) is 12.2 Å². The molecule has 24 heavy (non-hydrogen) atoms. The first-order valence-electron chi connectivity index (χ1n) is 7.51. The van der Waals surface area contributed by atoms with Gasteiger partial charge in [0.05, 0.1) is 5.69 Å². The van der Waals surface area contributed by atoms with Crippen molar-refractivity contribution in [3.63, 3.8) is 0 Å². The Morgan fingerprint density at radius 2 is 1.75 bits per heavy atom. The Bertz CT molecular complexity index is 876. The highest BCUT2D eigenvalue weighted by molar-refractivity contribution is 5.75. The molecule has 1 aromatic carbocycles. The van der Waals surface area contributed by atoms with Gasteiger partial charge < -0.3 is 5.32 Å². The standard InChI is InChI=1S/C18H16N4O2/c23-17(20-12-14-8-10-19-11-9-14)13-22-18(24)7-6-16(21-22)15-4-2-1-3-5-15/h1-11H,12-13H2,(H,20,23). The minimum atomic E-state index is -0.311. The van der Waals surface area contributed by atoms with Crippen molar-refractivity contribution < 1.29 is 4.79 Å². The van der Waals surface area contributed by atoms with Crippen LogP contribution in [-0.4, -0.2) is 20.7 Å². The smallest absolute Gasteiger partial charge is 0.267 e. The summed E-state index contributed by atoms with van der Waals surface area (Å²) in [5.74, 6) is -0.272. The highest BCUT2D eigenvalue weighted by Gasteiger charge is 2.07. The molecule has 6 heteroatoms. The molecular formula is C18H16N4O2. The summed E-state index contributed by atoms with van der Waals surface area (Å²) in [5.41, 5.74) is 2.17. The predicted molar refractivity (Wildman–Crippen MR) is 90.0 cm³/mol. The first-order valence-corrected chi connectivity index (χ1v) is 7.51. The van der Waals surface area contributed by atoms with E-state index in [9.17, 15) is 9.59 Å². The number of pyridine rings is 1. The largest absolute Gasteiger partial charge is 0.350 e. The van der Waals surface area contributed by atoms with Crippen molar-refractivity contribution in [2.75, 3.05) is 0 Å². The Morgan fingerprint density at radius 1 is 1.00 bits per heavy atom. The molecule has 0 spiro atoms. The molecule has 1 N–H and O–H groups in total. The van der Waals surface area contributed by atoms with Crippen molar-refractivity contribution in [1.82, 2.24) is 20.1 Å². The van der Waals surface area contributed by atoms with Crippen LogP contribution in [0.5, 0.6) is 0 Å². The number of amides is 1. The number of nitrogens with one attached hydrogen (secondary N) is 1. The number of carbonyl (C=O) groups excluding carboxylic acids is 1. The molecule has 0 fully saturated rings. The van der Waals surface area contributed by atoms with Crippen LogP contribution >= 0.6 is 0 Å². The number of nitrogens with zero attached hydrogens (tertiary/aromatic N) is 3. The second kappa shape index (κ2) is 7.32. The number of carbonyl (C=O) groups is 1. The maximum atomic E-state index is 12.1. The Balaban J connectivity index is 1.70. The predicted octanol–water partition coefficient (Wildman–Crippen LogP) is 1.62. The van der Waals surface area contributed by atoms with E-state index in [-0.39, 0.29) is 18.0 Å². The van der Waals surface area contributed by atoms with Gasteiger partial charge in [-0.25, -0.2) is 4.68 Å². The zero-order chi connectivity index (χ0) is 16.8. The van der Waals surface area contributed by atoms with Crippen LogP contribution in [-0.2, 0) is 17.9 Å². The summed E-state index contributed by atoms with van der Waals surface area (Å²) in [4.78, 5) is 27.9. The number of hydrogen-bond donors (Lipinski definition) is 1. The van der Waals surface area contributed by atoms with E-state index in [1.165, 1.54) is 10.7 Å². The van der Waals surface area contributed by atoms with Crippen LogP contribution in [0.25, 0.3) is 11.3 Å². The third kappa shape index (κ3) is 3.92. The Morgan fingerprint density at radius 3 is 2.50 bits per heavy atom. The van der Waals surface area contributed by atoms with Crippen LogP contribution in [0.3, 0.4) is 0 Å². The molecule has 6 nitrogen and oxygen atoms in total. The van der Waals surface area contributed by atoms with E-state index in [4.69, 9.17) is 0 Å². The van der Waals surface area contributed by atoms with Gasteiger partial charge in [0.25, 0.3) is 5.56 Å². The molecule has 1 amide bonds. The highest BCUT2D eigenvalue weighted by Crippen LogP contribution is 2.13. The van der Waals surface area contributed by atoms with E-state index < -0.39 is 0 Å². The van der Waals surface area contributed by atoms with Gasteiger partial charge in [-0.15, -0.1) is 0 Å². The monoisotopic (exact) mass is 320 g/mol. The minimum absolute atomic E-state index is 0.120. The maximum Gasteiger partial charge on any atom is 0.267 e. The lowest BCUT2D eigenvalue weighted by molar-refractivity contribution is -0.122. The second-order valence-corrected chi connectivity index (χ2v) is 5.21. The molecule has 0 unspecified atom stereocenters. The third-order valence-electron chi connectivity index (χ3n) is 3.47. The Kier molecular flexibility index (Phi) is 4.76. The van der Waals surface area contributed by atoms with E-state index in [2.05, 4.69) is 15.4 Å². The zero-order valence-electron chi connectivity index (χ0n) is 12.9. The Hall–Kier alpha value is -3.28. The lowest BCUT2D eigenvalue weighted by Gasteiger charge is -2.08. The summed E-state index contributed by atoms with van der Waals surface area (Å²) in [6.45, 7) is 0.263. The summed E-state index contributed by atoms with van der Waals surface area (Å²) in [6.07, 6.45) is 3.33. The molecule has 3 rings (SSSR count). The molecule has 0 saturated heterocycles. The molecule has 3 aromatic rings. The van der Waals surface area contributed by atoms with Gasteiger partial charge in [-0.05, 0) is 23.8 Å². The van der Waals surface area contributed by atoms with Crippen LogP contribution in [0.1, 0.15) is 5.56 Å². The molecule has 2 aromatic heterocycles. The van der Waals surface area contributed by atoms with Crippen molar-refractivity contribution in [2.45, 2.75) is 13.1 Å². The third-order valence-corrected chi connectivity index (χ3v) is 3.47. The molecule has 0 saturated carbocycles. The fourth-order valence-corrected chi connectivity index (χ4v) is 2.22. The average molecular weight is 320 g/mol. The normalized spacial score (nSPS) is 10.3. The number of hydrogen-bond acceptors (Lipinski definition) is 4. The van der Waals surface area contributed by atoms with Gasteiger partial charge in [-0.1, -0.05) is 30.3 Å². The topological polar surface area (TPSA) is 76.9 Å². The molecule has 0 atom stereocenters. The lowest BCUT2D eigenvalue weighted by atomic mass is 10.1. The van der Waals surface area contributed by atoms with Gasteiger partial charge in [0.1, 0.15) is 6.54 Å². The highest BCUT2D eigenvalue weighted by atomic mass is 16.2. The van der Waals surface area contributed by atoms with E-state index in [1.54, 1.807) is 18.5 Å². The summed E-state index contributed by atoms with van der Waals surface area (Å²) < 4.78 is 1.17. The molecule has 0 aliphatic carbocycles. The molecular weight excluding hydrogens is 304 g/mol. The molecule has 2 heterocycles. The van der Waals surface area contributed by atoms with Gasteiger partial charge in [-0.3, -0.25) is 14.6 Å². The van der Waals surface area contributed by atoms with Crippen LogP contribution in [0.2, 0.25) is 0 Å². The quantitative estimate of drug-likeness (QED) is 0.775. The van der Waals surface area contributed by atoms with Crippen molar-refractivity contribution in [3.05, 3.63) is 82.9 Å². The number of rotatable bonds is 5. The molecule has 0 aliphatic heterocycles. The average Bonchev–Trinajstić information content (AvgIpc) is 2.63. The molecule has 0 aliphatic rings. The van der Waals surface area contributed by atoms with Crippen molar-refractivity contribution in [3.8, 4) is 11.3 Å². The first-order chi connectivity index (χ1) is 11.7. The number of aromatic nitrogens is 3. The van der Waals surface area contributed by atoms with E-state index >= 15 is 0 Å². The van der Waals surface area contributed by atoms with Gasteiger partial charge in [0.15, 0.2) is 0 Å². The van der Waals surface area contributed by atoms with E-state index in [1.807, 2.05) is 42.5 Å². The lowest BCUT2D eigenvalue weighted by Crippen LogP contribution is -2.33. The van der Waals surface area contributed by atoms with Gasteiger partial charge in [0.2, 0.25) is 5.91 Å². The van der Waals surface area contributed by atoms with Crippen LogP contribution in [0, 0.1) is 0 Å². The molecule has 0 bridgehead atoms. The SMILES string of the molecule is O=C(Cn1nc(-c2ccccc2)ccc1=O)NCc1ccncc1. The van der Waals surface area contributed by atoms with E-state index in [0.717, 1.165) is 11.1 Å². The van der Waals surface area contributed by atoms with Gasteiger partial charge >= 0.3 is 0 Å². The van der Waals surface area contributed by atoms with Crippen LogP contribution in [0.15, 0.2) is 71.8 Å². The summed E-state index contributed by atoms with van der Waals surface area (Å²) >= 11 is 0. The second-order valence-electron chi connectivity index (χ2n) is 5.21. The first kappa shape index (κ1) is 15.6.